The van der Waals surface area contributed by atoms with Crippen LogP contribution in [0.3, 0.4) is 0 Å². The van der Waals surface area contributed by atoms with Crippen LogP contribution < -0.4 is 5.32 Å². The lowest BCUT2D eigenvalue weighted by atomic mass is 9.95. The molecule has 3 atom stereocenters. The van der Waals surface area contributed by atoms with Gasteiger partial charge in [0.25, 0.3) is 5.91 Å². The second-order valence-corrected chi connectivity index (χ2v) is 6.51. The highest BCUT2D eigenvalue weighted by Gasteiger charge is 2.40. The molecule has 1 aromatic carbocycles. The standard InChI is InChI=1S/C14H16INO/c15-12-3-1-2-11(8-12)14(17)16-13-7-9-4-5-10(13)6-9/h1-3,8-10,13H,4-7H2,(H,16,17)/t9-,10+,13+/m0/s1. The molecule has 2 aliphatic carbocycles. The van der Waals surface area contributed by atoms with Gasteiger partial charge in [0, 0.05) is 15.2 Å². The van der Waals surface area contributed by atoms with E-state index >= 15 is 0 Å². The van der Waals surface area contributed by atoms with Gasteiger partial charge >= 0.3 is 0 Å². The lowest BCUT2D eigenvalue weighted by Crippen LogP contribution is -2.38. The van der Waals surface area contributed by atoms with Gasteiger partial charge in [0.05, 0.1) is 0 Å². The number of hydrogen-bond acceptors (Lipinski definition) is 1. The first-order chi connectivity index (χ1) is 8.22. The number of benzene rings is 1. The number of amides is 1. The van der Waals surface area contributed by atoms with Crippen LogP contribution in [0.5, 0.6) is 0 Å². The van der Waals surface area contributed by atoms with Gasteiger partial charge in [0.2, 0.25) is 0 Å². The Balaban J connectivity index is 1.68. The molecule has 1 amide bonds. The SMILES string of the molecule is O=C(N[C@@H]1C[C@H]2CC[C@@H]1C2)c1cccc(I)c1. The average Bonchev–Trinajstić information content (AvgIpc) is 2.91. The van der Waals surface area contributed by atoms with E-state index in [1.165, 1.54) is 25.7 Å². The zero-order valence-corrected chi connectivity index (χ0v) is 11.8. The topological polar surface area (TPSA) is 29.1 Å². The summed E-state index contributed by atoms with van der Waals surface area (Å²) in [7, 11) is 0. The highest BCUT2D eigenvalue weighted by atomic mass is 127. The fraction of sp³-hybridized carbons (Fsp3) is 0.500. The van der Waals surface area contributed by atoms with Crippen molar-refractivity contribution >= 4 is 28.5 Å². The molecule has 2 bridgehead atoms. The van der Waals surface area contributed by atoms with Crippen molar-refractivity contribution in [3.05, 3.63) is 33.4 Å². The minimum atomic E-state index is 0.0982. The quantitative estimate of drug-likeness (QED) is 0.823. The number of nitrogens with one attached hydrogen (secondary N) is 1. The van der Waals surface area contributed by atoms with Gasteiger partial charge in [-0.2, -0.15) is 0 Å². The van der Waals surface area contributed by atoms with E-state index in [9.17, 15) is 4.79 Å². The normalized spacial score (nSPS) is 30.5. The summed E-state index contributed by atoms with van der Waals surface area (Å²) in [6.45, 7) is 0. The molecule has 1 N–H and O–H groups in total. The highest BCUT2D eigenvalue weighted by molar-refractivity contribution is 14.1. The van der Waals surface area contributed by atoms with Gasteiger partial charge < -0.3 is 5.32 Å². The zero-order chi connectivity index (χ0) is 11.8. The maximum Gasteiger partial charge on any atom is 0.251 e. The Labute approximate surface area is 115 Å². The molecule has 0 unspecified atom stereocenters. The minimum absolute atomic E-state index is 0.0982. The van der Waals surface area contributed by atoms with Gasteiger partial charge in [-0.05, 0) is 71.9 Å². The second kappa shape index (κ2) is 4.59. The van der Waals surface area contributed by atoms with E-state index in [0.29, 0.717) is 6.04 Å². The van der Waals surface area contributed by atoms with Crippen molar-refractivity contribution < 1.29 is 4.79 Å². The third-order valence-corrected chi connectivity index (χ3v) is 4.81. The summed E-state index contributed by atoms with van der Waals surface area (Å²) >= 11 is 2.24. The van der Waals surface area contributed by atoms with Crippen LogP contribution in [0.1, 0.15) is 36.0 Å². The van der Waals surface area contributed by atoms with E-state index < -0.39 is 0 Å². The first-order valence-corrected chi connectivity index (χ1v) is 7.36. The van der Waals surface area contributed by atoms with Gasteiger partial charge in [0.1, 0.15) is 0 Å². The Morgan fingerprint density at radius 1 is 1.29 bits per heavy atom. The first kappa shape index (κ1) is 11.5. The Morgan fingerprint density at radius 2 is 2.18 bits per heavy atom. The maximum absolute atomic E-state index is 12.1. The van der Waals surface area contributed by atoms with Crippen molar-refractivity contribution in [3.63, 3.8) is 0 Å². The van der Waals surface area contributed by atoms with Crippen LogP contribution in [0.4, 0.5) is 0 Å². The predicted molar refractivity (Wildman–Crippen MR) is 75.9 cm³/mol. The number of halogens is 1. The molecular formula is C14H16INO. The van der Waals surface area contributed by atoms with Crippen molar-refractivity contribution in [2.75, 3.05) is 0 Å². The third kappa shape index (κ3) is 2.34. The van der Waals surface area contributed by atoms with Gasteiger partial charge in [-0.3, -0.25) is 4.79 Å². The summed E-state index contributed by atoms with van der Waals surface area (Å²) in [5.41, 5.74) is 0.791. The van der Waals surface area contributed by atoms with Crippen molar-refractivity contribution in [2.24, 2.45) is 11.8 Å². The molecule has 3 rings (SSSR count). The van der Waals surface area contributed by atoms with Gasteiger partial charge in [0.15, 0.2) is 0 Å². The Morgan fingerprint density at radius 3 is 2.82 bits per heavy atom. The summed E-state index contributed by atoms with van der Waals surface area (Å²) in [5.74, 6) is 1.72. The summed E-state index contributed by atoms with van der Waals surface area (Å²) < 4.78 is 1.11. The van der Waals surface area contributed by atoms with E-state index in [0.717, 1.165) is 21.0 Å². The summed E-state index contributed by atoms with van der Waals surface area (Å²) in [6.07, 6.45) is 5.21. The smallest absolute Gasteiger partial charge is 0.251 e. The molecule has 0 saturated heterocycles. The maximum atomic E-state index is 12.1. The van der Waals surface area contributed by atoms with Crippen molar-refractivity contribution in [1.82, 2.24) is 5.32 Å². The molecule has 0 spiro atoms. The average molecular weight is 341 g/mol. The summed E-state index contributed by atoms with van der Waals surface area (Å²) in [6, 6.07) is 8.22. The van der Waals surface area contributed by atoms with Crippen LogP contribution >= 0.6 is 22.6 Å². The van der Waals surface area contributed by atoms with Crippen LogP contribution in [0.25, 0.3) is 0 Å². The molecule has 1 aromatic rings. The van der Waals surface area contributed by atoms with Crippen molar-refractivity contribution in [2.45, 2.75) is 31.7 Å². The van der Waals surface area contributed by atoms with Crippen LogP contribution in [-0.4, -0.2) is 11.9 Å². The number of carbonyl (C=O) groups excluding carboxylic acids is 1. The molecule has 3 heteroatoms. The Hall–Kier alpha value is -0.580. The van der Waals surface area contributed by atoms with E-state index in [1.807, 2.05) is 24.3 Å². The summed E-state index contributed by atoms with van der Waals surface area (Å²) in [4.78, 5) is 12.1. The fourth-order valence-electron chi connectivity index (χ4n) is 3.30. The van der Waals surface area contributed by atoms with Crippen LogP contribution in [-0.2, 0) is 0 Å². The van der Waals surface area contributed by atoms with E-state index in [4.69, 9.17) is 0 Å². The molecule has 2 nitrogen and oxygen atoms in total. The van der Waals surface area contributed by atoms with Crippen molar-refractivity contribution in [3.8, 4) is 0 Å². The van der Waals surface area contributed by atoms with Crippen LogP contribution in [0.15, 0.2) is 24.3 Å². The third-order valence-electron chi connectivity index (χ3n) is 4.14. The number of fused-ring (bicyclic) bond motifs is 2. The largest absolute Gasteiger partial charge is 0.349 e. The molecule has 0 aromatic heterocycles. The number of rotatable bonds is 2. The molecular weight excluding hydrogens is 325 g/mol. The minimum Gasteiger partial charge on any atom is -0.349 e. The number of carbonyl (C=O) groups is 1. The zero-order valence-electron chi connectivity index (χ0n) is 9.66. The van der Waals surface area contributed by atoms with Crippen LogP contribution in [0.2, 0.25) is 0 Å². The second-order valence-electron chi connectivity index (χ2n) is 5.27. The fourth-order valence-corrected chi connectivity index (χ4v) is 3.85. The van der Waals surface area contributed by atoms with Crippen LogP contribution in [0, 0.1) is 15.4 Å². The molecule has 2 saturated carbocycles. The van der Waals surface area contributed by atoms with E-state index in [1.54, 1.807) is 0 Å². The molecule has 17 heavy (non-hydrogen) atoms. The lowest BCUT2D eigenvalue weighted by Gasteiger charge is -2.22. The Bertz CT molecular complexity index is 446. The van der Waals surface area contributed by atoms with Gasteiger partial charge in [-0.1, -0.05) is 12.5 Å². The molecule has 2 aliphatic rings. The van der Waals surface area contributed by atoms with Gasteiger partial charge in [-0.15, -0.1) is 0 Å². The summed E-state index contributed by atoms with van der Waals surface area (Å²) in [5, 5.41) is 3.21. The first-order valence-electron chi connectivity index (χ1n) is 6.29. The van der Waals surface area contributed by atoms with E-state index in [-0.39, 0.29) is 5.91 Å². The Kier molecular flexibility index (Phi) is 3.11. The van der Waals surface area contributed by atoms with Crippen molar-refractivity contribution in [1.29, 1.82) is 0 Å². The van der Waals surface area contributed by atoms with Gasteiger partial charge in [-0.25, -0.2) is 0 Å². The van der Waals surface area contributed by atoms with E-state index in [2.05, 4.69) is 27.9 Å². The number of hydrogen-bond donors (Lipinski definition) is 1. The highest BCUT2D eigenvalue weighted by Crippen LogP contribution is 2.44. The molecule has 0 aliphatic heterocycles. The predicted octanol–water partition coefficient (Wildman–Crippen LogP) is 3.21. The monoisotopic (exact) mass is 341 g/mol. The molecule has 90 valence electrons. The molecule has 2 fully saturated rings. The molecule has 0 heterocycles. The molecule has 0 radical (unpaired) electrons. The lowest BCUT2D eigenvalue weighted by molar-refractivity contribution is 0.0923.